The van der Waals surface area contributed by atoms with Gasteiger partial charge in [0.15, 0.2) is 18.6 Å². The van der Waals surface area contributed by atoms with Crippen molar-refractivity contribution in [1.82, 2.24) is 0 Å². The maximum atomic E-state index is 12.0. The van der Waals surface area contributed by atoms with Crippen molar-refractivity contribution in [2.24, 2.45) is 0 Å². The van der Waals surface area contributed by atoms with Crippen molar-refractivity contribution >= 4 is 51.4 Å². The number of carbonyl (C=O) groups is 2. The minimum absolute atomic E-state index is 0.0334. The summed E-state index contributed by atoms with van der Waals surface area (Å²) in [5.74, 6) is -0.106. The van der Waals surface area contributed by atoms with Gasteiger partial charge in [-0.05, 0) is 49.2 Å². The molecule has 2 rings (SSSR count). The van der Waals surface area contributed by atoms with Crippen LogP contribution in [0.15, 0.2) is 28.7 Å². The van der Waals surface area contributed by atoms with E-state index in [1.54, 1.807) is 0 Å². The van der Waals surface area contributed by atoms with Crippen LogP contribution in [0.1, 0.15) is 21.5 Å². The largest absolute Gasteiger partial charge is 0.481 e. The van der Waals surface area contributed by atoms with Crippen LogP contribution in [0, 0.1) is 13.8 Å². The maximum Gasteiger partial charge on any atom is 0.349 e. The molecule has 0 unspecified atom stereocenters. The molecule has 0 radical (unpaired) electrons. The first-order chi connectivity index (χ1) is 11.3. The molecule has 7 heteroatoms. The smallest absolute Gasteiger partial charge is 0.349 e. The molecule has 0 aliphatic heterocycles. The highest BCUT2D eigenvalue weighted by Crippen LogP contribution is 2.32. The molecule has 0 amide bonds. The van der Waals surface area contributed by atoms with E-state index in [0.29, 0.717) is 12.0 Å². The number of rotatable bonds is 5. The summed E-state index contributed by atoms with van der Waals surface area (Å²) >= 11 is 15.2. The second-order valence-corrected chi connectivity index (χ2v) is 6.81. The van der Waals surface area contributed by atoms with Crippen LogP contribution >= 0.6 is 39.1 Å². The zero-order chi connectivity index (χ0) is 17.9. The van der Waals surface area contributed by atoms with Gasteiger partial charge in [0.25, 0.3) is 0 Å². The fraction of sp³-hybridized carbons (Fsp3) is 0.176. The van der Waals surface area contributed by atoms with E-state index in [1.165, 1.54) is 12.1 Å². The number of halogens is 3. The number of aldehydes is 1. The molecule has 0 heterocycles. The van der Waals surface area contributed by atoms with Gasteiger partial charge in [0.2, 0.25) is 0 Å². The van der Waals surface area contributed by atoms with Crippen LogP contribution in [0.3, 0.4) is 0 Å². The third-order valence-corrected chi connectivity index (χ3v) is 4.10. The Kier molecular flexibility index (Phi) is 6.27. The summed E-state index contributed by atoms with van der Waals surface area (Å²) < 4.78 is 11.6. The summed E-state index contributed by atoms with van der Waals surface area (Å²) in [7, 11) is 0. The molecule has 0 atom stereocenters. The minimum Gasteiger partial charge on any atom is -0.481 e. The van der Waals surface area contributed by atoms with Crippen LogP contribution < -0.4 is 9.47 Å². The molecule has 0 aliphatic rings. The van der Waals surface area contributed by atoms with E-state index in [9.17, 15) is 9.59 Å². The minimum atomic E-state index is -0.677. The van der Waals surface area contributed by atoms with E-state index in [2.05, 4.69) is 15.9 Å². The molecule has 0 saturated carbocycles. The van der Waals surface area contributed by atoms with Gasteiger partial charge >= 0.3 is 5.97 Å². The molecule has 0 bridgehead atoms. The van der Waals surface area contributed by atoms with E-state index in [4.69, 9.17) is 32.7 Å². The molecule has 0 saturated heterocycles. The summed E-state index contributed by atoms with van der Waals surface area (Å²) in [4.78, 5) is 23.1. The van der Waals surface area contributed by atoms with Gasteiger partial charge in [0.05, 0.1) is 10.6 Å². The van der Waals surface area contributed by atoms with Gasteiger partial charge in [-0.1, -0.05) is 39.1 Å². The van der Waals surface area contributed by atoms with Gasteiger partial charge in [-0.3, -0.25) is 4.79 Å². The topological polar surface area (TPSA) is 52.6 Å². The van der Waals surface area contributed by atoms with E-state index >= 15 is 0 Å². The van der Waals surface area contributed by atoms with Gasteiger partial charge in [0, 0.05) is 9.50 Å². The van der Waals surface area contributed by atoms with Crippen LogP contribution in [-0.2, 0) is 4.79 Å². The number of hydrogen-bond acceptors (Lipinski definition) is 4. The fourth-order valence-electron chi connectivity index (χ4n) is 2.17. The van der Waals surface area contributed by atoms with Gasteiger partial charge in [-0.25, -0.2) is 4.79 Å². The Bertz CT molecular complexity index is 782. The van der Waals surface area contributed by atoms with Crippen LogP contribution in [0.5, 0.6) is 11.5 Å². The normalized spacial score (nSPS) is 10.4. The second-order valence-electron chi connectivity index (χ2n) is 5.06. The number of esters is 1. The molecule has 0 spiro atoms. The highest BCUT2D eigenvalue weighted by atomic mass is 79.9. The Morgan fingerprint density at radius 2 is 1.75 bits per heavy atom. The van der Waals surface area contributed by atoms with Crippen molar-refractivity contribution in [3.63, 3.8) is 0 Å². The first kappa shape index (κ1) is 18.8. The third-order valence-electron chi connectivity index (χ3n) is 3.14. The highest BCUT2D eigenvalue weighted by molar-refractivity contribution is 9.10. The van der Waals surface area contributed by atoms with Crippen molar-refractivity contribution in [3.8, 4) is 11.5 Å². The summed E-state index contributed by atoms with van der Waals surface area (Å²) in [6.45, 7) is 3.43. The Balaban J connectivity index is 2.12. The maximum absolute atomic E-state index is 12.0. The molecule has 2 aromatic carbocycles. The van der Waals surface area contributed by atoms with Crippen LogP contribution in [-0.4, -0.2) is 18.9 Å². The lowest BCUT2D eigenvalue weighted by Crippen LogP contribution is -2.19. The molecule has 0 N–H and O–H groups in total. The number of benzene rings is 2. The molecule has 0 aliphatic carbocycles. The lowest BCUT2D eigenvalue weighted by atomic mass is 10.1. The van der Waals surface area contributed by atoms with Gasteiger partial charge in [0.1, 0.15) is 5.75 Å². The lowest BCUT2D eigenvalue weighted by Gasteiger charge is -2.13. The third kappa shape index (κ3) is 4.50. The summed E-state index contributed by atoms with van der Waals surface area (Å²) in [5.41, 5.74) is 1.86. The van der Waals surface area contributed by atoms with E-state index in [0.717, 1.165) is 15.6 Å². The molecule has 0 fully saturated rings. The van der Waals surface area contributed by atoms with Crippen LogP contribution in [0.25, 0.3) is 0 Å². The van der Waals surface area contributed by atoms with E-state index in [1.807, 2.05) is 26.0 Å². The summed E-state index contributed by atoms with van der Waals surface area (Å²) in [6.07, 6.45) is 0.518. The lowest BCUT2D eigenvalue weighted by molar-refractivity contribution is -0.136. The average Bonchev–Trinajstić information content (AvgIpc) is 2.48. The molecular formula is C17H13BrCl2O4. The summed E-state index contributed by atoms with van der Waals surface area (Å²) in [5, 5.41) is 0.355. The van der Waals surface area contributed by atoms with Crippen molar-refractivity contribution < 1.29 is 19.1 Å². The molecule has 24 heavy (non-hydrogen) atoms. The number of carbonyl (C=O) groups excluding carboxylic acids is 2. The van der Waals surface area contributed by atoms with Crippen molar-refractivity contribution in [2.75, 3.05) is 6.61 Å². The Morgan fingerprint density at radius 1 is 1.12 bits per heavy atom. The van der Waals surface area contributed by atoms with Gasteiger partial charge in [-0.2, -0.15) is 0 Å². The van der Waals surface area contributed by atoms with Crippen molar-refractivity contribution in [1.29, 1.82) is 0 Å². The average molecular weight is 432 g/mol. The van der Waals surface area contributed by atoms with E-state index in [-0.39, 0.29) is 28.0 Å². The first-order valence-corrected chi connectivity index (χ1v) is 8.41. The monoisotopic (exact) mass is 430 g/mol. The second kappa shape index (κ2) is 8.01. The van der Waals surface area contributed by atoms with Crippen LogP contribution in [0.4, 0.5) is 0 Å². The molecule has 4 nitrogen and oxygen atoms in total. The van der Waals surface area contributed by atoms with Gasteiger partial charge in [-0.15, -0.1) is 0 Å². The van der Waals surface area contributed by atoms with Crippen LogP contribution in [0.2, 0.25) is 10.0 Å². The Hall–Kier alpha value is -1.56. The van der Waals surface area contributed by atoms with Gasteiger partial charge < -0.3 is 9.47 Å². The van der Waals surface area contributed by atoms with E-state index < -0.39 is 5.97 Å². The Labute approximate surface area is 157 Å². The number of aryl methyl sites for hydroxylation is 2. The standard InChI is InChI=1S/C17H13BrCl2O4/c1-9-3-12(18)4-10(2)16(9)23-8-15(22)24-17-11(7-21)5-13(19)6-14(17)20/h3-7H,8H2,1-2H3. The number of hydrogen-bond donors (Lipinski definition) is 0. The van der Waals surface area contributed by atoms with Crippen molar-refractivity contribution in [3.05, 3.63) is 55.5 Å². The quantitative estimate of drug-likeness (QED) is 0.372. The molecule has 2 aromatic rings. The predicted molar refractivity (Wildman–Crippen MR) is 96.6 cm³/mol. The Morgan fingerprint density at radius 3 is 2.33 bits per heavy atom. The fourth-order valence-corrected chi connectivity index (χ4v) is 3.41. The molecule has 126 valence electrons. The highest BCUT2D eigenvalue weighted by Gasteiger charge is 2.16. The van der Waals surface area contributed by atoms with Crippen molar-refractivity contribution in [2.45, 2.75) is 13.8 Å². The first-order valence-electron chi connectivity index (χ1n) is 6.86. The summed E-state index contributed by atoms with van der Waals surface area (Å²) in [6, 6.07) is 6.53. The molecule has 0 aromatic heterocycles. The SMILES string of the molecule is Cc1cc(Br)cc(C)c1OCC(=O)Oc1c(Cl)cc(Cl)cc1C=O. The zero-order valence-electron chi connectivity index (χ0n) is 12.9. The molecular weight excluding hydrogens is 419 g/mol. The zero-order valence-corrected chi connectivity index (χ0v) is 16.0. The predicted octanol–water partition coefficient (Wildman–Crippen LogP) is 5.17. The number of ether oxygens (including phenoxy) is 2.